The van der Waals surface area contributed by atoms with Gasteiger partial charge < -0.3 is 4.52 Å². The van der Waals surface area contributed by atoms with Crippen molar-refractivity contribution in [1.82, 2.24) is 15.1 Å². The maximum atomic E-state index is 11.5. The Bertz CT molecular complexity index is 1020. The Morgan fingerprint density at radius 1 is 1.20 bits per heavy atom. The third kappa shape index (κ3) is 2.78. The summed E-state index contributed by atoms with van der Waals surface area (Å²) in [5.41, 5.74) is 0.742. The zero-order valence-electron chi connectivity index (χ0n) is 13.6. The molecular weight excluding hydrogens is 360 g/mol. The van der Waals surface area contributed by atoms with Crippen molar-refractivity contribution in [3.05, 3.63) is 47.4 Å². The van der Waals surface area contributed by atoms with Crippen molar-refractivity contribution in [3.63, 3.8) is 0 Å². The van der Waals surface area contributed by atoms with Crippen LogP contribution in [0.1, 0.15) is 36.6 Å². The zero-order valence-corrected chi connectivity index (χ0v) is 15.2. The molecule has 0 radical (unpaired) electrons. The second-order valence-corrected chi connectivity index (χ2v) is 9.51. The minimum atomic E-state index is -3.73. The van der Waals surface area contributed by atoms with E-state index in [-0.39, 0.29) is 21.5 Å². The van der Waals surface area contributed by atoms with Crippen molar-refractivity contribution in [1.29, 1.82) is 0 Å². The number of primary sulfonamides is 1. The lowest BCUT2D eigenvalue weighted by molar-refractivity contribution is 0.368. The average molecular weight is 376 g/mol. The van der Waals surface area contributed by atoms with Crippen molar-refractivity contribution < 1.29 is 12.9 Å². The van der Waals surface area contributed by atoms with E-state index in [2.05, 4.69) is 29.0 Å². The monoisotopic (exact) mass is 376 g/mol. The fraction of sp³-hybridized carbons (Fsp3) is 0.312. The van der Waals surface area contributed by atoms with Crippen LogP contribution in [0.25, 0.3) is 11.4 Å². The zero-order chi connectivity index (χ0) is 17.8. The highest BCUT2D eigenvalue weighted by Gasteiger charge is 2.63. The first kappa shape index (κ1) is 16.4. The number of rotatable bonds is 4. The third-order valence-electron chi connectivity index (χ3n) is 4.62. The molecule has 7 nitrogen and oxygen atoms in total. The van der Waals surface area contributed by atoms with E-state index < -0.39 is 10.0 Å². The Morgan fingerprint density at radius 2 is 1.92 bits per heavy atom. The Hall–Kier alpha value is -2.10. The summed E-state index contributed by atoms with van der Waals surface area (Å²) in [5, 5.41) is 9.96. The molecule has 0 spiro atoms. The Kier molecular flexibility index (Phi) is 3.57. The molecular formula is C16H16N4O3S2. The van der Waals surface area contributed by atoms with E-state index in [0.29, 0.717) is 11.7 Å². The molecule has 2 aromatic heterocycles. The number of hydrogen-bond donors (Lipinski definition) is 1. The molecule has 1 aliphatic rings. The van der Waals surface area contributed by atoms with Crippen LogP contribution in [0.3, 0.4) is 0 Å². The first-order valence-electron chi connectivity index (χ1n) is 7.66. The van der Waals surface area contributed by atoms with Crippen molar-refractivity contribution in [2.24, 2.45) is 10.6 Å². The number of aromatic nitrogens is 3. The van der Waals surface area contributed by atoms with Crippen LogP contribution in [0.2, 0.25) is 0 Å². The van der Waals surface area contributed by atoms with Crippen LogP contribution in [0.5, 0.6) is 0 Å². The van der Waals surface area contributed by atoms with Gasteiger partial charge in [0, 0.05) is 11.5 Å². The van der Waals surface area contributed by atoms with Crippen LogP contribution in [0.4, 0.5) is 0 Å². The van der Waals surface area contributed by atoms with Crippen LogP contribution < -0.4 is 5.14 Å². The average Bonchev–Trinajstić information content (AvgIpc) is 3.02. The summed E-state index contributed by atoms with van der Waals surface area (Å²) < 4.78 is 28.5. The summed E-state index contributed by atoms with van der Waals surface area (Å²) in [6.45, 7) is 4.15. The first-order valence-corrected chi connectivity index (χ1v) is 10.0. The molecule has 1 saturated carbocycles. The van der Waals surface area contributed by atoms with Crippen LogP contribution in [0, 0.1) is 5.41 Å². The minimum Gasteiger partial charge on any atom is -0.339 e. The molecule has 2 heterocycles. The summed E-state index contributed by atoms with van der Waals surface area (Å²) in [6.07, 6.45) is 1.31. The third-order valence-corrected chi connectivity index (χ3v) is 7.10. The Morgan fingerprint density at radius 3 is 2.56 bits per heavy atom. The largest absolute Gasteiger partial charge is 0.339 e. The van der Waals surface area contributed by atoms with Crippen LogP contribution in [-0.2, 0) is 10.0 Å². The van der Waals surface area contributed by atoms with Crippen molar-refractivity contribution in [2.45, 2.75) is 29.9 Å². The number of nitrogens with zero attached hydrogens (tertiary/aromatic N) is 3. The minimum absolute atomic E-state index is 0.00283. The van der Waals surface area contributed by atoms with Gasteiger partial charge in [-0.05, 0) is 5.41 Å². The van der Waals surface area contributed by atoms with Gasteiger partial charge >= 0.3 is 0 Å². The lowest BCUT2D eigenvalue weighted by Crippen LogP contribution is -2.09. The molecule has 25 heavy (non-hydrogen) atoms. The van der Waals surface area contributed by atoms with Gasteiger partial charge in [-0.3, -0.25) is 0 Å². The normalized spacial score (nSPS) is 22.0. The molecule has 1 aliphatic carbocycles. The van der Waals surface area contributed by atoms with Gasteiger partial charge in [-0.25, -0.2) is 18.5 Å². The van der Waals surface area contributed by atoms with E-state index in [0.717, 1.165) is 21.9 Å². The summed E-state index contributed by atoms with van der Waals surface area (Å²) >= 11 is 1.10. The molecule has 0 saturated heterocycles. The van der Waals surface area contributed by atoms with E-state index in [1.54, 1.807) is 0 Å². The van der Waals surface area contributed by atoms with Crippen LogP contribution in [0.15, 0.2) is 45.3 Å². The predicted octanol–water partition coefficient (Wildman–Crippen LogP) is 2.75. The second kappa shape index (κ2) is 5.45. The first-order chi connectivity index (χ1) is 11.8. The van der Waals surface area contributed by atoms with Gasteiger partial charge in [0.15, 0.2) is 4.21 Å². The van der Waals surface area contributed by atoms with Crippen LogP contribution in [-0.4, -0.2) is 23.5 Å². The van der Waals surface area contributed by atoms with E-state index in [1.807, 2.05) is 30.3 Å². The summed E-state index contributed by atoms with van der Waals surface area (Å²) in [4.78, 5) is 8.78. The molecule has 0 bridgehead atoms. The quantitative estimate of drug-likeness (QED) is 0.749. The van der Waals surface area contributed by atoms with E-state index >= 15 is 0 Å². The topological polar surface area (TPSA) is 112 Å². The lowest BCUT2D eigenvalue weighted by Gasteiger charge is -1.97. The van der Waals surface area contributed by atoms with Gasteiger partial charge in [0.1, 0.15) is 0 Å². The molecule has 0 amide bonds. The van der Waals surface area contributed by atoms with Crippen molar-refractivity contribution in [2.75, 3.05) is 0 Å². The van der Waals surface area contributed by atoms with Gasteiger partial charge in [-0.15, -0.1) is 11.3 Å². The molecule has 4 rings (SSSR count). The van der Waals surface area contributed by atoms with Gasteiger partial charge in [0.2, 0.25) is 21.7 Å². The molecule has 1 fully saturated rings. The summed E-state index contributed by atoms with van der Waals surface area (Å²) in [6, 6.07) is 9.60. The highest BCUT2D eigenvalue weighted by Crippen LogP contribution is 2.70. The molecule has 3 aromatic rings. The predicted molar refractivity (Wildman–Crippen MR) is 92.5 cm³/mol. The standard InChI is InChI=1S/C16H16N4O3S2/c1-16(2)11(12(16)15-18-8-10(24-15)25(17,21)22)14-19-13(20-23-14)9-6-4-3-5-7-9/h3-8,11-12H,1-2H3,(H2,17,21,22). The van der Waals surface area contributed by atoms with E-state index in [4.69, 9.17) is 9.66 Å². The lowest BCUT2D eigenvalue weighted by atomic mass is 10.1. The molecule has 9 heteroatoms. The molecule has 2 N–H and O–H groups in total. The van der Waals surface area contributed by atoms with Gasteiger partial charge in [0.05, 0.1) is 17.1 Å². The molecule has 1 aromatic carbocycles. The summed E-state index contributed by atoms with van der Waals surface area (Å²) in [5.74, 6) is 1.11. The number of nitrogens with two attached hydrogens (primary N) is 1. The van der Waals surface area contributed by atoms with Gasteiger partial charge in [-0.1, -0.05) is 49.3 Å². The maximum absolute atomic E-state index is 11.5. The Labute approximate surface area is 149 Å². The second-order valence-electron chi connectivity index (χ2n) is 6.66. The Balaban J connectivity index is 1.64. The smallest absolute Gasteiger partial charge is 0.249 e. The van der Waals surface area contributed by atoms with E-state index in [9.17, 15) is 8.42 Å². The number of hydrogen-bond acceptors (Lipinski definition) is 7. The van der Waals surface area contributed by atoms with Crippen molar-refractivity contribution in [3.8, 4) is 11.4 Å². The summed E-state index contributed by atoms with van der Waals surface area (Å²) in [7, 11) is -3.73. The number of sulfonamides is 1. The fourth-order valence-corrected chi connectivity index (χ4v) is 5.08. The van der Waals surface area contributed by atoms with Gasteiger partial charge in [0.25, 0.3) is 0 Å². The number of benzene rings is 1. The number of thiazole rings is 1. The maximum Gasteiger partial charge on any atom is 0.249 e. The van der Waals surface area contributed by atoms with Crippen molar-refractivity contribution >= 4 is 21.4 Å². The molecule has 2 unspecified atom stereocenters. The highest BCUT2D eigenvalue weighted by molar-refractivity contribution is 7.91. The van der Waals surface area contributed by atoms with Gasteiger partial charge in [-0.2, -0.15) is 4.98 Å². The fourth-order valence-electron chi connectivity index (χ4n) is 3.17. The molecule has 130 valence electrons. The highest BCUT2D eigenvalue weighted by atomic mass is 32.2. The van der Waals surface area contributed by atoms with E-state index in [1.165, 1.54) is 6.20 Å². The molecule has 2 atom stereocenters. The SMILES string of the molecule is CC1(C)C(c2nc(-c3ccccc3)no2)C1c1ncc(S(N)(=O)=O)s1. The van der Waals surface area contributed by atoms with Crippen LogP contribution >= 0.6 is 11.3 Å². The molecule has 0 aliphatic heterocycles.